The second-order valence-electron chi connectivity index (χ2n) is 6.74. The molecule has 1 aromatic carbocycles. The number of thioether (sulfide) groups is 1. The summed E-state index contributed by atoms with van der Waals surface area (Å²) in [5.74, 6) is -0.247. The first kappa shape index (κ1) is 20.5. The summed E-state index contributed by atoms with van der Waals surface area (Å²) in [5, 5.41) is 3.97. The molecule has 5 nitrogen and oxygen atoms in total. The second kappa shape index (κ2) is 9.30. The van der Waals surface area contributed by atoms with Gasteiger partial charge in [-0.3, -0.25) is 19.5 Å². The van der Waals surface area contributed by atoms with E-state index in [-0.39, 0.29) is 24.3 Å². The maximum absolute atomic E-state index is 13.0. The van der Waals surface area contributed by atoms with Crippen molar-refractivity contribution in [2.45, 2.75) is 56.7 Å². The molecule has 0 bridgehead atoms. The fourth-order valence-electron chi connectivity index (χ4n) is 3.50. The molecular formula is C19H23Cl2N3O2S. The van der Waals surface area contributed by atoms with Gasteiger partial charge >= 0.3 is 0 Å². The van der Waals surface area contributed by atoms with Gasteiger partial charge in [0.2, 0.25) is 11.8 Å². The van der Waals surface area contributed by atoms with Crippen molar-refractivity contribution in [3.63, 3.8) is 0 Å². The first-order valence-corrected chi connectivity index (χ1v) is 10.9. The van der Waals surface area contributed by atoms with Crippen LogP contribution in [-0.2, 0) is 9.59 Å². The maximum atomic E-state index is 13.0. The number of rotatable bonds is 5. The van der Waals surface area contributed by atoms with Crippen LogP contribution in [0.5, 0.6) is 0 Å². The van der Waals surface area contributed by atoms with Gasteiger partial charge in [-0.1, -0.05) is 54.2 Å². The fourth-order valence-corrected chi connectivity index (χ4v) is 5.21. The highest BCUT2D eigenvalue weighted by molar-refractivity contribution is 8.15. The van der Waals surface area contributed by atoms with Crippen molar-refractivity contribution in [1.29, 1.82) is 0 Å². The van der Waals surface area contributed by atoms with Crippen molar-refractivity contribution in [2.75, 3.05) is 11.9 Å². The van der Waals surface area contributed by atoms with Gasteiger partial charge < -0.3 is 5.32 Å². The molecule has 0 aromatic heterocycles. The van der Waals surface area contributed by atoms with Gasteiger partial charge in [-0.15, -0.1) is 0 Å². The molecule has 1 saturated carbocycles. The minimum absolute atomic E-state index is 0.00328. The van der Waals surface area contributed by atoms with Crippen LogP contribution in [0.4, 0.5) is 5.69 Å². The summed E-state index contributed by atoms with van der Waals surface area (Å²) >= 11 is 13.4. The molecule has 1 N–H and O–H groups in total. The number of amides is 2. The van der Waals surface area contributed by atoms with E-state index < -0.39 is 5.25 Å². The molecule has 1 aliphatic carbocycles. The van der Waals surface area contributed by atoms with Crippen molar-refractivity contribution >= 4 is 57.6 Å². The third-order valence-electron chi connectivity index (χ3n) is 4.78. The standard InChI is InChI=1S/C19H23Cl2N3O2S/c1-2-22-19-24(13-6-4-3-5-7-13)18(26)16(27-19)11-17(25)23-15-9-8-12(20)10-14(15)21/h8-10,13,16H,2-7,11H2,1H3,(H,23,25). The molecule has 146 valence electrons. The molecule has 1 saturated heterocycles. The number of carbonyl (C=O) groups is 2. The monoisotopic (exact) mass is 427 g/mol. The number of halogens is 2. The average Bonchev–Trinajstić information content (AvgIpc) is 2.94. The van der Waals surface area contributed by atoms with Gasteiger partial charge in [-0.25, -0.2) is 0 Å². The van der Waals surface area contributed by atoms with Gasteiger partial charge in [-0.2, -0.15) is 0 Å². The van der Waals surface area contributed by atoms with Gasteiger partial charge in [0.1, 0.15) is 5.25 Å². The van der Waals surface area contributed by atoms with Gasteiger partial charge in [-0.05, 0) is 38.0 Å². The van der Waals surface area contributed by atoms with Crippen LogP contribution in [0.3, 0.4) is 0 Å². The Labute approximate surface area is 173 Å². The third-order valence-corrected chi connectivity index (χ3v) is 6.51. The molecule has 1 unspecified atom stereocenters. The Bertz CT molecular complexity index is 750. The van der Waals surface area contributed by atoms with Crippen LogP contribution in [0.15, 0.2) is 23.2 Å². The predicted octanol–water partition coefficient (Wildman–Crippen LogP) is 4.97. The summed E-state index contributed by atoms with van der Waals surface area (Å²) in [4.78, 5) is 31.8. The van der Waals surface area contributed by atoms with Gasteiger partial charge in [0.25, 0.3) is 0 Å². The van der Waals surface area contributed by atoms with Crippen molar-refractivity contribution in [1.82, 2.24) is 4.90 Å². The van der Waals surface area contributed by atoms with Crippen LogP contribution in [0, 0.1) is 0 Å². The van der Waals surface area contributed by atoms with Crippen molar-refractivity contribution < 1.29 is 9.59 Å². The molecule has 0 radical (unpaired) electrons. The minimum atomic E-state index is -0.441. The van der Waals surface area contributed by atoms with Crippen LogP contribution in [0.25, 0.3) is 0 Å². The fraction of sp³-hybridized carbons (Fsp3) is 0.526. The molecule has 2 aliphatic rings. The quantitative estimate of drug-likeness (QED) is 0.720. The Morgan fingerprint density at radius 3 is 2.70 bits per heavy atom. The molecule has 1 heterocycles. The highest BCUT2D eigenvalue weighted by atomic mass is 35.5. The minimum Gasteiger partial charge on any atom is -0.325 e. The van der Waals surface area contributed by atoms with E-state index >= 15 is 0 Å². The number of benzene rings is 1. The van der Waals surface area contributed by atoms with Crippen LogP contribution in [0.2, 0.25) is 10.0 Å². The lowest BCUT2D eigenvalue weighted by molar-refractivity contribution is -0.130. The SMILES string of the molecule is CCN=C1SC(CC(=O)Nc2ccc(Cl)cc2Cl)C(=O)N1C1CCCCC1. The van der Waals surface area contributed by atoms with E-state index in [2.05, 4.69) is 10.3 Å². The van der Waals surface area contributed by atoms with Crippen LogP contribution in [0.1, 0.15) is 45.4 Å². The van der Waals surface area contributed by atoms with Crippen molar-refractivity contribution in [3.8, 4) is 0 Å². The van der Waals surface area contributed by atoms with Crippen LogP contribution in [-0.4, -0.2) is 39.7 Å². The first-order valence-electron chi connectivity index (χ1n) is 9.28. The van der Waals surface area contributed by atoms with E-state index in [1.165, 1.54) is 18.2 Å². The zero-order chi connectivity index (χ0) is 19.4. The van der Waals surface area contributed by atoms with E-state index in [1.807, 2.05) is 11.8 Å². The number of aliphatic imine (C=N–C) groups is 1. The summed E-state index contributed by atoms with van der Waals surface area (Å²) in [7, 11) is 0. The van der Waals surface area contributed by atoms with Gasteiger partial charge in [0.05, 0.1) is 10.7 Å². The van der Waals surface area contributed by atoms with Crippen molar-refractivity contribution in [3.05, 3.63) is 28.2 Å². The summed E-state index contributed by atoms with van der Waals surface area (Å²) in [6.07, 6.45) is 5.61. The number of hydrogen-bond donors (Lipinski definition) is 1. The number of carbonyl (C=O) groups excluding carboxylic acids is 2. The highest BCUT2D eigenvalue weighted by Gasteiger charge is 2.42. The molecule has 27 heavy (non-hydrogen) atoms. The van der Waals surface area contributed by atoms with E-state index in [9.17, 15) is 9.59 Å². The number of anilines is 1. The number of hydrogen-bond acceptors (Lipinski definition) is 4. The Balaban J connectivity index is 1.68. The van der Waals surface area contributed by atoms with Crippen molar-refractivity contribution in [2.24, 2.45) is 4.99 Å². The topological polar surface area (TPSA) is 61.8 Å². The molecule has 3 rings (SSSR count). The lowest BCUT2D eigenvalue weighted by Crippen LogP contribution is -2.42. The van der Waals surface area contributed by atoms with Crippen LogP contribution >= 0.6 is 35.0 Å². The normalized spacial score (nSPS) is 22.5. The smallest absolute Gasteiger partial charge is 0.242 e. The van der Waals surface area contributed by atoms with E-state index in [1.54, 1.807) is 18.2 Å². The zero-order valence-corrected chi connectivity index (χ0v) is 17.5. The Morgan fingerprint density at radius 2 is 2.04 bits per heavy atom. The maximum Gasteiger partial charge on any atom is 0.242 e. The molecule has 2 amide bonds. The molecular weight excluding hydrogens is 405 g/mol. The Hall–Kier alpha value is -1.24. The first-order chi connectivity index (χ1) is 13.0. The Kier molecular flexibility index (Phi) is 7.06. The largest absolute Gasteiger partial charge is 0.325 e. The average molecular weight is 428 g/mol. The third kappa shape index (κ3) is 4.98. The summed E-state index contributed by atoms with van der Waals surface area (Å²) in [6, 6.07) is 5.10. The summed E-state index contributed by atoms with van der Waals surface area (Å²) in [6.45, 7) is 2.58. The summed E-state index contributed by atoms with van der Waals surface area (Å²) in [5.41, 5.74) is 0.494. The molecule has 1 atom stereocenters. The predicted molar refractivity (Wildman–Crippen MR) is 113 cm³/mol. The van der Waals surface area contributed by atoms with Gasteiger partial charge in [0.15, 0.2) is 5.17 Å². The lowest BCUT2D eigenvalue weighted by Gasteiger charge is -2.30. The molecule has 0 spiro atoms. The zero-order valence-electron chi connectivity index (χ0n) is 15.2. The van der Waals surface area contributed by atoms with E-state index in [0.717, 1.165) is 30.9 Å². The Morgan fingerprint density at radius 1 is 1.30 bits per heavy atom. The van der Waals surface area contributed by atoms with E-state index in [4.69, 9.17) is 23.2 Å². The molecule has 1 aromatic rings. The molecule has 1 aliphatic heterocycles. The molecule has 8 heteroatoms. The lowest BCUT2D eigenvalue weighted by atomic mass is 9.94. The van der Waals surface area contributed by atoms with Gasteiger partial charge in [0, 0.05) is 24.0 Å². The number of nitrogens with one attached hydrogen (secondary N) is 1. The second-order valence-corrected chi connectivity index (χ2v) is 8.75. The molecule has 2 fully saturated rings. The number of amidine groups is 1. The highest BCUT2D eigenvalue weighted by Crippen LogP contribution is 2.35. The van der Waals surface area contributed by atoms with Crippen LogP contribution < -0.4 is 5.32 Å². The summed E-state index contributed by atoms with van der Waals surface area (Å²) < 4.78 is 0. The number of nitrogens with zero attached hydrogens (tertiary/aromatic N) is 2. The van der Waals surface area contributed by atoms with E-state index in [0.29, 0.717) is 22.3 Å².